The fourth-order valence-electron chi connectivity index (χ4n) is 4.18. The van der Waals surface area contributed by atoms with E-state index in [1.54, 1.807) is 6.33 Å². The number of likely N-dealkylation sites (tertiary alicyclic amines) is 1. The summed E-state index contributed by atoms with van der Waals surface area (Å²) in [6.45, 7) is 3.52. The summed E-state index contributed by atoms with van der Waals surface area (Å²) in [7, 11) is 0. The lowest BCUT2D eigenvalue weighted by Gasteiger charge is -2.28. The van der Waals surface area contributed by atoms with Gasteiger partial charge in [-0.15, -0.1) is 0 Å². The number of rotatable bonds is 6. The standard InChI is InChI=1S/C19H26N6O2/c26-16(23-7-1-2-8-23)11-24(10-15-4-3-9-27-15)18-17-19(21-12-20-18)25(13-22-17)14-5-6-14/h12-15H,1-11H2. The number of hydrogen-bond donors (Lipinski definition) is 0. The van der Waals surface area contributed by atoms with Crippen LogP contribution < -0.4 is 4.90 Å². The second-order valence-electron chi connectivity index (χ2n) is 7.86. The minimum atomic E-state index is 0.145. The molecule has 3 aliphatic rings. The van der Waals surface area contributed by atoms with E-state index in [0.29, 0.717) is 19.1 Å². The third-order valence-electron chi connectivity index (χ3n) is 5.81. The number of hydrogen-bond acceptors (Lipinski definition) is 6. The molecule has 0 spiro atoms. The summed E-state index contributed by atoms with van der Waals surface area (Å²) < 4.78 is 7.99. The fraction of sp³-hybridized carbons (Fsp3) is 0.684. The molecule has 4 heterocycles. The summed E-state index contributed by atoms with van der Waals surface area (Å²) in [6.07, 6.45) is 10.3. The SMILES string of the molecule is O=C(CN(CC1CCCO1)c1ncnc2c1ncn2C1CC1)N1CCCC1. The van der Waals surface area contributed by atoms with Crippen molar-refractivity contribution in [3.63, 3.8) is 0 Å². The lowest BCUT2D eigenvalue weighted by Crippen LogP contribution is -2.42. The molecule has 2 aromatic rings. The molecule has 1 amide bonds. The summed E-state index contributed by atoms with van der Waals surface area (Å²) in [5, 5.41) is 0. The van der Waals surface area contributed by atoms with Crippen molar-refractivity contribution in [3.05, 3.63) is 12.7 Å². The van der Waals surface area contributed by atoms with Gasteiger partial charge in [0, 0.05) is 32.3 Å². The Labute approximate surface area is 158 Å². The van der Waals surface area contributed by atoms with Gasteiger partial charge >= 0.3 is 0 Å². The van der Waals surface area contributed by atoms with Crippen molar-refractivity contribution in [2.24, 2.45) is 0 Å². The average molecular weight is 370 g/mol. The van der Waals surface area contributed by atoms with E-state index in [1.807, 2.05) is 11.2 Å². The van der Waals surface area contributed by atoms with Crippen LogP contribution in [0.3, 0.4) is 0 Å². The van der Waals surface area contributed by atoms with E-state index in [1.165, 1.54) is 12.8 Å². The van der Waals surface area contributed by atoms with Crippen LogP contribution in [0.15, 0.2) is 12.7 Å². The molecule has 0 bridgehead atoms. The Morgan fingerprint density at radius 1 is 1.15 bits per heavy atom. The third kappa shape index (κ3) is 3.38. The largest absolute Gasteiger partial charge is 0.376 e. The Bertz CT molecular complexity index is 821. The molecular formula is C19H26N6O2. The molecular weight excluding hydrogens is 344 g/mol. The van der Waals surface area contributed by atoms with Crippen molar-refractivity contribution in [2.75, 3.05) is 37.7 Å². The first-order valence-electron chi connectivity index (χ1n) is 10.1. The maximum Gasteiger partial charge on any atom is 0.242 e. The number of carbonyl (C=O) groups excluding carboxylic acids is 1. The summed E-state index contributed by atoms with van der Waals surface area (Å²) >= 11 is 0. The molecule has 0 N–H and O–H groups in total. The van der Waals surface area contributed by atoms with Crippen LogP contribution in [0.25, 0.3) is 11.2 Å². The van der Waals surface area contributed by atoms with Crippen LogP contribution in [-0.2, 0) is 9.53 Å². The van der Waals surface area contributed by atoms with Crippen molar-refractivity contribution in [2.45, 2.75) is 50.7 Å². The van der Waals surface area contributed by atoms with Gasteiger partial charge in [-0.25, -0.2) is 15.0 Å². The van der Waals surface area contributed by atoms with Gasteiger partial charge in [-0.3, -0.25) is 4.79 Å². The molecule has 0 radical (unpaired) electrons. The highest BCUT2D eigenvalue weighted by atomic mass is 16.5. The van der Waals surface area contributed by atoms with Crippen molar-refractivity contribution in [1.82, 2.24) is 24.4 Å². The maximum atomic E-state index is 12.8. The Kier molecular flexibility index (Phi) is 4.43. The number of imidazole rings is 1. The van der Waals surface area contributed by atoms with Gasteiger partial charge in [0.05, 0.1) is 19.0 Å². The average Bonchev–Trinajstić information content (AvgIpc) is 3.13. The molecule has 8 heteroatoms. The maximum absolute atomic E-state index is 12.8. The molecule has 3 fully saturated rings. The van der Waals surface area contributed by atoms with Crippen molar-refractivity contribution in [1.29, 1.82) is 0 Å². The molecule has 1 saturated carbocycles. The van der Waals surface area contributed by atoms with Crippen LogP contribution in [0.2, 0.25) is 0 Å². The molecule has 27 heavy (non-hydrogen) atoms. The van der Waals surface area contributed by atoms with Crippen molar-refractivity contribution in [3.8, 4) is 0 Å². The molecule has 1 atom stereocenters. The first-order chi connectivity index (χ1) is 13.3. The highest BCUT2D eigenvalue weighted by Crippen LogP contribution is 2.37. The molecule has 2 aromatic heterocycles. The number of ether oxygens (including phenoxy) is 1. The second-order valence-corrected chi connectivity index (χ2v) is 7.86. The Morgan fingerprint density at radius 3 is 2.74 bits per heavy atom. The number of amides is 1. The molecule has 0 aromatic carbocycles. The predicted octanol–water partition coefficient (Wildman–Crippen LogP) is 1.77. The van der Waals surface area contributed by atoms with Gasteiger partial charge in [0.25, 0.3) is 0 Å². The van der Waals surface area contributed by atoms with E-state index >= 15 is 0 Å². The summed E-state index contributed by atoms with van der Waals surface area (Å²) in [5.74, 6) is 0.918. The summed E-state index contributed by atoms with van der Waals surface area (Å²) in [6, 6.07) is 0.510. The van der Waals surface area contributed by atoms with Gasteiger partial charge in [-0.1, -0.05) is 0 Å². The minimum Gasteiger partial charge on any atom is -0.376 e. The number of anilines is 1. The van der Waals surface area contributed by atoms with E-state index < -0.39 is 0 Å². The first kappa shape index (κ1) is 16.9. The van der Waals surface area contributed by atoms with Crippen LogP contribution in [0.4, 0.5) is 5.82 Å². The van der Waals surface area contributed by atoms with Gasteiger partial charge in [0.2, 0.25) is 5.91 Å². The zero-order valence-electron chi connectivity index (χ0n) is 15.6. The summed E-state index contributed by atoms with van der Waals surface area (Å²) in [5.41, 5.74) is 1.66. The Hall–Kier alpha value is -2.22. The normalized spacial score (nSPS) is 22.7. The lowest BCUT2D eigenvalue weighted by atomic mass is 10.2. The van der Waals surface area contributed by atoms with Gasteiger partial charge in [-0.2, -0.15) is 0 Å². The fourth-order valence-corrected chi connectivity index (χ4v) is 4.18. The number of fused-ring (bicyclic) bond motifs is 1. The molecule has 2 aliphatic heterocycles. The van der Waals surface area contributed by atoms with E-state index in [4.69, 9.17) is 4.74 Å². The Morgan fingerprint density at radius 2 is 2.00 bits per heavy atom. The van der Waals surface area contributed by atoms with E-state index in [2.05, 4.69) is 24.4 Å². The quantitative estimate of drug-likeness (QED) is 0.771. The monoisotopic (exact) mass is 370 g/mol. The van der Waals surface area contributed by atoms with Crippen LogP contribution in [0, 0.1) is 0 Å². The van der Waals surface area contributed by atoms with Crippen LogP contribution in [-0.4, -0.2) is 69.2 Å². The number of aromatic nitrogens is 4. The van der Waals surface area contributed by atoms with Crippen LogP contribution in [0.5, 0.6) is 0 Å². The third-order valence-corrected chi connectivity index (χ3v) is 5.81. The smallest absolute Gasteiger partial charge is 0.242 e. The van der Waals surface area contributed by atoms with Crippen LogP contribution >= 0.6 is 0 Å². The van der Waals surface area contributed by atoms with Gasteiger partial charge in [0.15, 0.2) is 17.0 Å². The van der Waals surface area contributed by atoms with Crippen LogP contribution in [0.1, 0.15) is 44.6 Å². The summed E-state index contributed by atoms with van der Waals surface area (Å²) in [4.78, 5) is 30.5. The molecule has 144 valence electrons. The topological polar surface area (TPSA) is 76.4 Å². The van der Waals surface area contributed by atoms with Gasteiger partial charge in [0.1, 0.15) is 6.33 Å². The highest BCUT2D eigenvalue weighted by molar-refractivity contribution is 5.87. The molecule has 1 unspecified atom stereocenters. The van der Waals surface area contributed by atoms with Gasteiger partial charge < -0.3 is 19.1 Å². The molecule has 2 saturated heterocycles. The van der Waals surface area contributed by atoms with E-state index in [-0.39, 0.29) is 12.0 Å². The predicted molar refractivity (Wildman–Crippen MR) is 101 cm³/mol. The van der Waals surface area contributed by atoms with Gasteiger partial charge in [-0.05, 0) is 38.5 Å². The molecule has 5 rings (SSSR count). The molecule has 8 nitrogen and oxygen atoms in total. The van der Waals surface area contributed by atoms with E-state index in [0.717, 1.165) is 62.4 Å². The van der Waals surface area contributed by atoms with Crippen molar-refractivity contribution < 1.29 is 9.53 Å². The van der Waals surface area contributed by atoms with Crippen molar-refractivity contribution >= 4 is 22.9 Å². The van der Waals surface area contributed by atoms with E-state index in [9.17, 15) is 4.79 Å². The molecule has 1 aliphatic carbocycles. The number of carbonyl (C=O) groups is 1. The zero-order chi connectivity index (χ0) is 18.2. The second kappa shape index (κ2) is 7.07. The number of nitrogens with zero attached hydrogens (tertiary/aromatic N) is 6. The Balaban J connectivity index is 1.45. The highest BCUT2D eigenvalue weighted by Gasteiger charge is 2.29. The zero-order valence-corrected chi connectivity index (χ0v) is 15.6. The first-order valence-corrected chi connectivity index (χ1v) is 10.1. The lowest BCUT2D eigenvalue weighted by molar-refractivity contribution is -0.128. The minimum absolute atomic E-state index is 0.145.